The predicted molar refractivity (Wildman–Crippen MR) is 134 cm³/mol. The van der Waals surface area contributed by atoms with E-state index in [4.69, 9.17) is 4.74 Å². The second-order valence-electron chi connectivity index (χ2n) is 9.94. The fraction of sp³-hybridized carbons (Fsp3) is 0.407. The molecular weight excluding hydrogens is 487 g/mol. The van der Waals surface area contributed by atoms with Crippen molar-refractivity contribution in [2.75, 3.05) is 14.1 Å². The van der Waals surface area contributed by atoms with Crippen LogP contribution in [0.25, 0.3) is 16.6 Å². The zero-order valence-electron chi connectivity index (χ0n) is 21.5. The third kappa shape index (κ3) is 6.96. The van der Waals surface area contributed by atoms with Crippen LogP contribution in [0.5, 0.6) is 0 Å². The van der Waals surface area contributed by atoms with Crippen molar-refractivity contribution < 1.29 is 27.5 Å². The Kier molecular flexibility index (Phi) is 8.09. The third-order valence-electron chi connectivity index (χ3n) is 5.50. The molecule has 0 aliphatic carbocycles. The van der Waals surface area contributed by atoms with Crippen LogP contribution in [0.1, 0.15) is 61.8 Å². The number of fused-ring (bicyclic) bond motifs is 1. The van der Waals surface area contributed by atoms with E-state index in [0.29, 0.717) is 29.7 Å². The molecule has 2 aromatic carbocycles. The molecule has 3 rings (SSSR count). The van der Waals surface area contributed by atoms with Crippen LogP contribution < -0.4 is 5.56 Å². The second kappa shape index (κ2) is 10.7. The molecule has 0 radical (unpaired) electrons. The van der Waals surface area contributed by atoms with Crippen LogP contribution in [0.3, 0.4) is 0 Å². The Morgan fingerprint density at radius 1 is 1.00 bits per heavy atom. The summed E-state index contributed by atoms with van der Waals surface area (Å²) in [5.74, 6) is -0.281. The molecule has 0 fully saturated rings. The van der Waals surface area contributed by atoms with Gasteiger partial charge < -0.3 is 9.64 Å². The van der Waals surface area contributed by atoms with Gasteiger partial charge in [-0.15, -0.1) is 0 Å². The van der Waals surface area contributed by atoms with E-state index < -0.39 is 22.9 Å². The van der Waals surface area contributed by atoms with Gasteiger partial charge in [0.1, 0.15) is 11.4 Å². The topological polar surface area (TPSA) is 81.5 Å². The van der Waals surface area contributed by atoms with Crippen LogP contribution in [0.4, 0.5) is 13.2 Å². The van der Waals surface area contributed by atoms with Gasteiger partial charge >= 0.3 is 12.1 Å². The molecule has 0 atom stereocenters. The van der Waals surface area contributed by atoms with Crippen LogP contribution >= 0.6 is 0 Å². The molecule has 1 heterocycles. The van der Waals surface area contributed by atoms with Crippen molar-refractivity contribution >= 4 is 22.8 Å². The number of alkyl halides is 3. The van der Waals surface area contributed by atoms with Gasteiger partial charge in [0.15, 0.2) is 0 Å². The quantitative estimate of drug-likeness (QED) is 0.319. The molecular formula is C27H30F3N3O4. The maximum absolute atomic E-state index is 13.5. The van der Waals surface area contributed by atoms with Crippen molar-refractivity contribution in [3.8, 4) is 5.69 Å². The van der Waals surface area contributed by atoms with Crippen molar-refractivity contribution in [3.05, 3.63) is 69.8 Å². The fourth-order valence-electron chi connectivity index (χ4n) is 3.80. The van der Waals surface area contributed by atoms with Crippen molar-refractivity contribution in [1.82, 2.24) is 14.5 Å². The summed E-state index contributed by atoms with van der Waals surface area (Å²) in [6.07, 6.45) is -3.11. The van der Waals surface area contributed by atoms with E-state index in [1.54, 1.807) is 34.9 Å². The first-order valence-electron chi connectivity index (χ1n) is 11.8. The van der Waals surface area contributed by atoms with Gasteiger partial charge in [0.2, 0.25) is 0 Å². The predicted octanol–water partition coefficient (Wildman–Crippen LogP) is 5.16. The van der Waals surface area contributed by atoms with Crippen molar-refractivity contribution in [2.24, 2.45) is 0 Å². The number of rotatable bonds is 7. The van der Waals surface area contributed by atoms with Crippen molar-refractivity contribution in [2.45, 2.75) is 58.2 Å². The number of carbonyl (C=O) groups excluding carboxylic acids is 2. The van der Waals surface area contributed by atoms with E-state index in [1.807, 2.05) is 0 Å². The highest BCUT2D eigenvalue weighted by molar-refractivity contribution is 5.97. The van der Waals surface area contributed by atoms with Gasteiger partial charge in [-0.1, -0.05) is 0 Å². The van der Waals surface area contributed by atoms with Gasteiger partial charge in [-0.2, -0.15) is 13.2 Å². The lowest BCUT2D eigenvalue weighted by Gasteiger charge is -2.19. The monoisotopic (exact) mass is 517 g/mol. The minimum Gasteiger partial charge on any atom is -0.460 e. The molecule has 0 unspecified atom stereocenters. The zero-order chi connectivity index (χ0) is 27.5. The Morgan fingerprint density at radius 2 is 1.65 bits per heavy atom. The molecule has 3 aromatic rings. The number of benzene rings is 2. The molecule has 1 amide bonds. The normalized spacial score (nSPS) is 12.0. The molecule has 0 saturated heterocycles. The maximum Gasteiger partial charge on any atom is 0.416 e. The molecule has 1 aromatic heterocycles. The van der Waals surface area contributed by atoms with E-state index in [2.05, 4.69) is 4.98 Å². The average Bonchev–Trinajstić information content (AvgIpc) is 2.79. The van der Waals surface area contributed by atoms with E-state index >= 15 is 0 Å². The molecule has 10 heteroatoms. The van der Waals surface area contributed by atoms with Gasteiger partial charge in [-0.05, 0) is 76.1 Å². The van der Waals surface area contributed by atoms with Gasteiger partial charge in [0, 0.05) is 32.5 Å². The van der Waals surface area contributed by atoms with E-state index in [-0.39, 0.29) is 35.8 Å². The van der Waals surface area contributed by atoms with Crippen molar-refractivity contribution in [1.29, 1.82) is 0 Å². The molecule has 0 saturated carbocycles. The first kappa shape index (κ1) is 27.9. The van der Waals surface area contributed by atoms with Crippen LogP contribution in [0, 0.1) is 0 Å². The number of aromatic nitrogens is 2. The molecule has 0 bridgehead atoms. The Labute approximate surface area is 212 Å². The number of hydrogen-bond acceptors (Lipinski definition) is 5. The summed E-state index contributed by atoms with van der Waals surface area (Å²) in [5, 5.41) is 0.229. The zero-order valence-corrected chi connectivity index (χ0v) is 21.5. The van der Waals surface area contributed by atoms with Gasteiger partial charge in [-0.25, -0.2) is 4.98 Å². The number of nitrogens with zero attached hydrogens (tertiary/aromatic N) is 3. The number of carbonyl (C=O) groups is 2. The Balaban J connectivity index is 2.00. The molecule has 37 heavy (non-hydrogen) atoms. The minimum absolute atomic E-state index is 0.177. The number of halogens is 3. The number of hydrogen-bond donors (Lipinski definition) is 0. The average molecular weight is 518 g/mol. The molecule has 0 N–H and O–H groups in total. The highest BCUT2D eigenvalue weighted by Crippen LogP contribution is 2.29. The van der Waals surface area contributed by atoms with E-state index in [0.717, 1.165) is 12.1 Å². The molecule has 0 aliphatic heterocycles. The standard InChI is InChI=1S/C27H30F3N3O4/c1-26(2,3)37-23(34)9-7-6-8-22-31-21-16-17(24(35)32(4)5)10-15-20(21)25(36)33(22)19-13-11-18(12-14-19)27(28,29)30/h10-16H,6-9H2,1-5H3. The fourth-order valence-corrected chi connectivity index (χ4v) is 3.80. The lowest BCUT2D eigenvalue weighted by molar-refractivity contribution is -0.155. The molecule has 198 valence electrons. The number of unbranched alkanes of at least 4 members (excludes halogenated alkanes) is 1. The van der Waals surface area contributed by atoms with Crippen LogP contribution in [-0.4, -0.2) is 46.0 Å². The summed E-state index contributed by atoms with van der Waals surface area (Å²) >= 11 is 0. The highest BCUT2D eigenvalue weighted by atomic mass is 19.4. The number of ether oxygens (including phenoxy) is 1. The summed E-state index contributed by atoms with van der Waals surface area (Å²) in [6.45, 7) is 5.34. The first-order chi connectivity index (χ1) is 17.2. The van der Waals surface area contributed by atoms with Gasteiger partial charge in [-0.3, -0.25) is 19.0 Å². The lowest BCUT2D eigenvalue weighted by atomic mass is 10.1. The van der Waals surface area contributed by atoms with Crippen LogP contribution in [-0.2, 0) is 22.1 Å². The largest absolute Gasteiger partial charge is 0.460 e. The molecule has 7 nitrogen and oxygen atoms in total. The van der Waals surface area contributed by atoms with Crippen LogP contribution in [0.15, 0.2) is 47.3 Å². The van der Waals surface area contributed by atoms with E-state index in [9.17, 15) is 27.6 Å². The SMILES string of the molecule is CN(C)C(=O)c1ccc2c(=O)n(-c3ccc(C(F)(F)F)cc3)c(CCCCC(=O)OC(C)(C)C)nc2c1. The number of esters is 1. The summed E-state index contributed by atoms with van der Waals surface area (Å²) in [7, 11) is 3.22. The van der Waals surface area contributed by atoms with Crippen molar-refractivity contribution in [3.63, 3.8) is 0 Å². The lowest BCUT2D eigenvalue weighted by Crippen LogP contribution is -2.25. The summed E-state index contributed by atoms with van der Waals surface area (Å²) in [4.78, 5) is 43.9. The van der Waals surface area contributed by atoms with Gasteiger partial charge in [0.25, 0.3) is 11.5 Å². The minimum atomic E-state index is -4.51. The Bertz CT molecular complexity index is 1350. The molecule has 0 aliphatic rings. The Morgan fingerprint density at radius 3 is 2.22 bits per heavy atom. The third-order valence-corrected chi connectivity index (χ3v) is 5.50. The molecule has 0 spiro atoms. The highest BCUT2D eigenvalue weighted by Gasteiger charge is 2.30. The Hall–Kier alpha value is -3.69. The summed E-state index contributed by atoms with van der Waals surface area (Å²) < 4.78 is 45.8. The number of amides is 1. The van der Waals surface area contributed by atoms with E-state index in [1.165, 1.54) is 39.8 Å². The smallest absolute Gasteiger partial charge is 0.416 e. The second-order valence-corrected chi connectivity index (χ2v) is 9.94. The summed E-state index contributed by atoms with van der Waals surface area (Å²) in [5.41, 5.74) is -0.986. The first-order valence-corrected chi connectivity index (χ1v) is 11.8. The number of aryl methyl sites for hydroxylation is 1. The van der Waals surface area contributed by atoms with Crippen LogP contribution in [0.2, 0.25) is 0 Å². The summed E-state index contributed by atoms with van der Waals surface area (Å²) in [6, 6.07) is 8.83. The maximum atomic E-state index is 13.5. The van der Waals surface area contributed by atoms with Gasteiger partial charge in [0.05, 0.1) is 22.2 Å².